The molecule has 1 saturated heterocycles. The zero-order valence-electron chi connectivity index (χ0n) is 17.4. The molecule has 0 spiro atoms. The lowest BCUT2D eigenvalue weighted by Gasteiger charge is -2.22. The molecule has 1 fully saturated rings. The van der Waals surface area contributed by atoms with E-state index in [0.29, 0.717) is 23.7 Å². The number of carbonyl (C=O) groups excluding carboxylic acids is 4. The summed E-state index contributed by atoms with van der Waals surface area (Å²) in [6.45, 7) is 10.5. The van der Waals surface area contributed by atoms with E-state index in [4.69, 9.17) is 4.74 Å². The number of esters is 1. The van der Waals surface area contributed by atoms with Crippen LogP contribution in [0.5, 0.6) is 0 Å². The van der Waals surface area contributed by atoms with E-state index in [1.807, 2.05) is 13.8 Å². The molecular weight excluding hydrogens is 362 g/mol. The number of ketones is 1. The minimum atomic E-state index is -1.02. The lowest BCUT2D eigenvalue weighted by molar-refractivity contribution is -0.130. The van der Waals surface area contributed by atoms with Gasteiger partial charge in [-0.3, -0.25) is 14.5 Å². The van der Waals surface area contributed by atoms with Crippen LogP contribution in [0, 0.1) is 19.8 Å². The summed E-state index contributed by atoms with van der Waals surface area (Å²) in [7, 11) is 0. The smallest absolute Gasteiger partial charge is 0.340 e. The van der Waals surface area contributed by atoms with Gasteiger partial charge in [-0.1, -0.05) is 13.8 Å². The third-order valence-corrected chi connectivity index (χ3v) is 5.00. The summed E-state index contributed by atoms with van der Waals surface area (Å²) >= 11 is 0. The second-order valence-corrected chi connectivity index (χ2v) is 7.85. The van der Waals surface area contributed by atoms with Gasteiger partial charge in [0, 0.05) is 11.4 Å². The van der Waals surface area contributed by atoms with E-state index >= 15 is 0 Å². The monoisotopic (exact) mass is 391 g/mol. The molecule has 154 valence electrons. The molecule has 2 rings (SSSR count). The molecule has 0 bridgehead atoms. The maximum Gasteiger partial charge on any atom is 0.340 e. The van der Waals surface area contributed by atoms with Crippen molar-refractivity contribution in [2.75, 3.05) is 13.2 Å². The minimum Gasteiger partial charge on any atom is -0.462 e. The highest BCUT2D eigenvalue weighted by Gasteiger charge is 2.48. The number of rotatable bonds is 8. The Kier molecular flexibility index (Phi) is 6.31. The van der Waals surface area contributed by atoms with E-state index in [9.17, 15) is 19.2 Å². The normalized spacial score (nSPS) is 19.3. The number of aromatic amines is 1. The highest BCUT2D eigenvalue weighted by atomic mass is 16.5. The van der Waals surface area contributed by atoms with Gasteiger partial charge in [-0.15, -0.1) is 0 Å². The number of H-pyrrole nitrogens is 1. The van der Waals surface area contributed by atoms with Crippen molar-refractivity contribution in [2.45, 2.75) is 59.9 Å². The molecule has 1 aromatic rings. The van der Waals surface area contributed by atoms with Crippen LogP contribution in [0.25, 0.3) is 0 Å². The average Bonchev–Trinajstić information content (AvgIpc) is 3.01. The first-order chi connectivity index (χ1) is 13.0. The van der Waals surface area contributed by atoms with E-state index in [2.05, 4.69) is 10.3 Å². The van der Waals surface area contributed by atoms with E-state index < -0.39 is 35.8 Å². The maximum atomic E-state index is 12.9. The maximum absolute atomic E-state index is 12.9. The van der Waals surface area contributed by atoms with Gasteiger partial charge in [-0.2, -0.15) is 0 Å². The number of urea groups is 1. The predicted octanol–water partition coefficient (Wildman–Crippen LogP) is 2.74. The first kappa shape index (κ1) is 21.7. The van der Waals surface area contributed by atoms with Crippen LogP contribution in [0.3, 0.4) is 0 Å². The minimum absolute atomic E-state index is 0.152. The average molecular weight is 391 g/mol. The first-order valence-electron chi connectivity index (χ1n) is 9.55. The Morgan fingerprint density at radius 2 is 1.75 bits per heavy atom. The van der Waals surface area contributed by atoms with Gasteiger partial charge in [-0.05, 0) is 46.5 Å². The molecule has 0 aliphatic carbocycles. The number of hydrogen-bond acceptors (Lipinski definition) is 5. The van der Waals surface area contributed by atoms with Crippen LogP contribution in [0.4, 0.5) is 4.79 Å². The van der Waals surface area contributed by atoms with Gasteiger partial charge in [-0.25, -0.2) is 9.59 Å². The summed E-state index contributed by atoms with van der Waals surface area (Å²) in [5, 5.41) is 2.71. The molecule has 0 aromatic carbocycles. The van der Waals surface area contributed by atoms with Gasteiger partial charge < -0.3 is 15.0 Å². The zero-order chi connectivity index (χ0) is 21.2. The second-order valence-electron chi connectivity index (χ2n) is 7.85. The van der Waals surface area contributed by atoms with Gasteiger partial charge in [0.15, 0.2) is 5.78 Å². The summed E-state index contributed by atoms with van der Waals surface area (Å²) in [6.07, 6.45) is 1.27. The van der Waals surface area contributed by atoms with Crippen molar-refractivity contribution in [2.24, 2.45) is 5.92 Å². The van der Waals surface area contributed by atoms with E-state index in [1.54, 1.807) is 27.7 Å². The van der Waals surface area contributed by atoms with Crippen molar-refractivity contribution in [1.29, 1.82) is 0 Å². The predicted molar refractivity (Wildman–Crippen MR) is 103 cm³/mol. The molecule has 8 heteroatoms. The van der Waals surface area contributed by atoms with Crippen molar-refractivity contribution in [3.05, 3.63) is 22.5 Å². The number of Topliss-reactive ketones (excluding diaryl/α,β-unsaturated/α-hetero) is 1. The molecule has 2 heterocycles. The SMILES string of the molecule is CCOC(=O)c1c(C)[nH]c(C)c1C(=O)CN1C(=O)N[C@@](C)(CCC(C)C)C1=O. The topological polar surface area (TPSA) is 109 Å². The number of nitrogens with zero attached hydrogens (tertiary/aromatic N) is 1. The molecule has 0 unspecified atom stereocenters. The van der Waals surface area contributed by atoms with Gasteiger partial charge in [0.1, 0.15) is 5.54 Å². The molecule has 3 amide bonds. The Hall–Kier alpha value is -2.64. The molecule has 1 atom stereocenters. The van der Waals surface area contributed by atoms with Gasteiger partial charge in [0.25, 0.3) is 5.91 Å². The van der Waals surface area contributed by atoms with Crippen molar-refractivity contribution in [3.63, 3.8) is 0 Å². The molecule has 1 aliphatic heterocycles. The van der Waals surface area contributed by atoms with Gasteiger partial charge in [0.2, 0.25) is 0 Å². The molecule has 0 saturated carbocycles. The summed E-state index contributed by atoms with van der Waals surface area (Å²) in [5.41, 5.74) is 0.305. The lowest BCUT2D eigenvalue weighted by atomic mass is 9.92. The Balaban J connectivity index is 2.25. The summed E-state index contributed by atoms with van der Waals surface area (Å²) in [5.74, 6) is -1.13. The van der Waals surface area contributed by atoms with Crippen LogP contribution in [-0.2, 0) is 9.53 Å². The molecule has 28 heavy (non-hydrogen) atoms. The fourth-order valence-electron chi connectivity index (χ4n) is 3.45. The Bertz CT molecular complexity index is 811. The van der Waals surface area contributed by atoms with E-state index in [-0.39, 0.29) is 17.7 Å². The van der Waals surface area contributed by atoms with Crippen molar-refractivity contribution < 1.29 is 23.9 Å². The fraction of sp³-hybridized carbons (Fsp3) is 0.600. The number of hydrogen-bond donors (Lipinski definition) is 2. The van der Waals surface area contributed by atoms with Crippen LogP contribution in [-0.4, -0.2) is 52.3 Å². The number of imide groups is 1. The number of amides is 3. The van der Waals surface area contributed by atoms with Crippen molar-refractivity contribution >= 4 is 23.7 Å². The van der Waals surface area contributed by atoms with Crippen molar-refractivity contribution in [1.82, 2.24) is 15.2 Å². The lowest BCUT2D eigenvalue weighted by Crippen LogP contribution is -2.44. The third-order valence-electron chi connectivity index (χ3n) is 5.00. The van der Waals surface area contributed by atoms with Crippen molar-refractivity contribution in [3.8, 4) is 0 Å². The van der Waals surface area contributed by atoms with E-state index in [0.717, 1.165) is 11.3 Å². The van der Waals surface area contributed by atoms with Crippen LogP contribution in [0.2, 0.25) is 0 Å². The standard InChI is InChI=1S/C20H29N3O5/c1-7-28-17(25)16-13(5)21-12(4)15(16)14(24)10-23-18(26)20(6,22-19(23)27)9-8-11(2)3/h11,21H,7-10H2,1-6H3,(H,22,27)/t20-/m0/s1. The van der Waals surface area contributed by atoms with E-state index in [1.165, 1.54) is 0 Å². The zero-order valence-corrected chi connectivity index (χ0v) is 17.4. The number of aromatic nitrogens is 1. The van der Waals surface area contributed by atoms with Gasteiger partial charge in [0.05, 0.1) is 24.3 Å². The molecule has 1 aromatic heterocycles. The molecule has 8 nitrogen and oxygen atoms in total. The molecule has 1 aliphatic rings. The van der Waals surface area contributed by atoms with Gasteiger partial charge >= 0.3 is 12.0 Å². The third kappa shape index (κ3) is 4.10. The van der Waals surface area contributed by atoms with Crippen LogP contribution >= 0.6 is 0 Å². The number of carbonyl (C=O) groups is 4. The summed E-state index contributed by atoms with van der Waals surface area (Å²) < 4.78 is 5.04. The number of aryl methyl sites for hydroxylation is 2. The molecule has 0 radical (unpaired) electrons. The quantitative estimate of drug-likeness (QED) is 0.402. The summed E-state index contributed by atoms with van der Waals surface area (Å²) in [4.78, 5) is 54.3. The first-order valence-corrected chi connectivity index (χ1v) is 9.55. The fourth-order valence-corrected chi connectivity index (χ4v) is 3.45. The highest BCUT2D eigenvalue weighted by Crippen LogP contribution is 2.26. The Morgan fingerprint density at radius 1 is 1.14 bits per heavy atom. The van der Waals surface area contributed by atoms with Crippen LogP contribution in [0.15, 0.2) is 0 Å². The highest BCUT2D eigenvalue weighted by molar-refractivity contribution is 6.14. The number of ether oxygens (including phenoxy) is 1. The number of nitrogens with one attached hydrogen (secondary N) is 2. The summed E-state index contributed by atoms with van der Waals surface area (Å²) in [6, 6.07) is -0.591. The second kappa shape index (κ2) is 8.16. The van der Waals surface area contributed by atoms with Crippen LogP contribution in [0.1, 0.15) is 72.6 Å². The largest absolute Gasteiger partial charge is 0.462 e. The Morgan fingerprint density at radius 3 is 2.32 bits per heavy atom. The van der Waals surface area contributed by atoms with Crippen LogP contribution < -0.4 is 5.32 Å². The molecular formula is C20H29N3O5. The Labute approximate surface area is 165 Å². The molecule has 2 N–H and O–H groups in total.